The lowest BCUT2D eigenvalue weighted by Crippen LogP contribution is -2.20. The Kier molecular flexibility index (Phi) is 5.22. The molecule has 0 bridgehead atoms. The third kappa shape index (κ3) is 4.12. The van der Waals surface area contributed by atoms with Crippen LogP contribution in [0, 0.1) is 12.8 Å². The highest BCUT2D eigenvalue weighted by Gasteiger charge is 2.27. The minimum Gasteiger partial charge on any atom is -0.369 e. The minimum absolute atomic E-state index is 0.119. The van der Waals surface area contributed by atoms with Crippen LogP contribution in [-0.4, -0.2) is 15.5 Å². The van der Waals surface area contributed by atoms with Crippen molar-refractivity contribution in [3.05, 3.63) is 64.3 Å². The summed E-state index contributed by atoms with van der Waals surface area (Å²) in [5.41, 5.74) is 11.1. The maximum Gasteiger partial charge on any atom is 0.244 e. The van der Waals surface area contributed by atoms with E-state index in [2.05, 4.69) is 26.2 Å². The second kappa shape index (κ2) is 7.80. The summed E-state index contributed by atoms with van der Waals surface area (Å²) < 4.78 is 2.79. The van der Waals surface area contributed by atoms with Crippen molar-refractivity contribution in [2.24, 2.45) is 5.92 Å². The normalized spacial score (nSPS) is 13.5. The van der Waals surface area contributed by atoms with Crippen molar-refractivity contribution in [1.29, 1.82) is 0 Å². The van der Waals surface area contributed by atoms with Crippen LogP contribution in [0.1, 0.15) is 24.1 Å². The molecule has 6 heteroatoms. The first kappa shape index (κ1) is 18.7. The van der Waals surface area contributed by atoms with Gasteiger partial charge in [0.05, 0.1) is 11.4 Å². The molecule has 1 aliphatic carbocycles. The van der Waals surface area contributed by atoms with Crippen LogP contribution in [-0.2, 0) is 17.8 Å². The number of hydrogen-bond acceptors (Lipinski definition) is 3. The molecule has 144 valence electrons. The summed E-state index contributed by atoms with van der Waals surface area (Å²) >= 11 is 3.64. The molecule has 0 radical (unpaired) electrons. The minimum atomic E-state index is -0.126. The molecule has 0 unspecified atom stereocenters. The van der Waals surface area contributed by atoms with Gasteiger partial charge in [0, 0.05) is 15.7 Å². The van der Waals surface area contributed by atoms with E-state index in [1.165, 1.54) is 12.8 Å². The average molecular weight is 439 g/mol. The van der Waals surface area contributed by atoms with Gasteiger partial charge in [-0.1, -0.05) is 51.8 Å². The van der Waals surface area contributed by atoms with Crippen LogP contribution >= 0.6 is 15.9 Å². The lowest BCUT2D eigenvalue weighted by Gasteiger charge is -2.13. The highest BCUT2D eigenvalue weighted by Crippen LogP contribution is 2.38. The van der Waals surface area contributed by atoms with E-state index in [1.807, 2.05) is 60.0 Å². The zero-order valence-electron chi connectivity index (χ0n) is 15.8. The summed E-state index contributed by atoms with van der Waals surface area (Å²) in [4.78, 5) is 17.3. The molecule has 1 amide bonds. The number of carbonyl (C=O) groups excluding carboxylic acids is 1. The van der Waals surface area contributed by atoms with E-state index >= 15 is 0 Å². The number of anilines is 2. The molecule has 0 spiro atoms. The number of amides is 1. The van der Waals surface area contributed by atoms with Crippen molar-refractivity contribution in [2.75, 3.05) is 11.1 Å². The molecule has 4 rings (SSSR count). The smallest absolute Gasteiger partial charge is 0.244 e. The average Bonchev–Trinajstić information content (AvgIpc) is 3.43. The van der Waals surface area contributed by atoms with E-state index < -0.39 is 0 Å². The van der Waals surface area contributed by atoms with E-state index in [0.29, 0.717) is 11.9 Å². The van der Waals surface area contributed by atoms with Crippen molar-refractivity contribution in [2.45, 2.75) is 32.7 Å². The number of aryl methyl sites for hydroxylation is 1. The molecule has 0 atom stereocenters. The molecule has 1 heterocycles. The monoisotopic (exact) mass is 438 g/mol. The Labute approximate surface area is 173 Å². The summed E-state index contributed by atoms with van der Waals surface area (Å²) in [6, 6.07) is 15.7. The van der Waals surface area contributed by atoms with Gasteiger partial charge in [0.15, 0.2) is 0 Å². The molecular formula is C22H23BrN4O. The number of nitrogens with zero attached hydrogens (tertiary/aromatic N) is 2. The van der Waals surface area contributed by atoms with Crippen LogP contribution in [0.5, 0.6) is 0 Å². The number of hydrogen-bond donors (Lipinski definition) is 2. The van der Waals surface area contributed by atoms with Crippen molar-refractivity contribution < 1.29 is 4.79 Å². The molecule has 1 aromatic heterocycles. The van der Waals surface area contributed by atoms with E-state index in [4.69, 9.17) is 5.73 Å². The molecule has 28 heavy (non-hydrogen) atoms. The number of imidazole rings is 1. The number of carbonyl (C=O) groups is 1. The van der Waals surface area contributed by atoms with Gasteiger partial charge in [0.2, 0.25) is 11.9 Å². The molecule has 0 aliphatic heterocycles. The van der Waals surface area contributed by atoms with E-state index in [0.717, 1.165) is 39.1 Å². The van der Waals surface area contributed by atoms with E-state index in [9.17, 15) is 4.79 Å². The molecule has 1 fully saturated rings. The van der Waals surface area contributed by atoms with Crippen molar-refractivity contribution in [1.82, 2.24) is 9.55 Å². The van der Waals surface area contributed by atoms with Gasteiger partial charge in [-0.25, -0.2) is 4.98 Å². The van der Waals surface area contributed by atoms with Crippen LogP contribution in [0.25, 0.3) is 11.3 Å². The summed E-state index contributed by atoms with van der Waals surface area (Å²) in [7, 11) is 0. The fourth-order valence-electron chi connectivity index (χ4n) is 3.35. The van der Waals surface area contributed by atoms with Crippen molar-refractivity contribution >= 4 is 33.5 Å². The zero-order chi connectivity index (χ0) is 19.7. The van der Waals surface area contributed by atoms with Crippen LogP contribution < -0.4 is 11.1 Å². The lowest BCUT2D eigenvalue weighted by atomic mass is 10.1. The van der Waals surface area contributed by atoms with Gasteiger partial charge in [-0.3, -0.25) is 4.79 Å². The van der Waals surface area contributed by atoms with Crippen LogP contribution in [0.4, 0.5) is 11.6 Å². The van der Waals surface area contributed by atoms with Gasteiger partial charge in [-0.2, -0.15) is 0 Å². The van der Waals surface area contributed by atoms with Gasteiger partial charge in [-0.05, 0) is 50.3 Å². The predicted octanol–water partition coefficient (Wildman–Crippen LogP) is 4.79. The second-order valence-corrected chi connectivity index (χ2v) is 8.25. The van der Waals surface area contributed by atoms with Crippen LogP contribution in [0.2, 0.25) is 0 Å². The molecular weight excluding hydrogens is 416 g/mol. The van der Waals surface area contributed by atoms with Crippen molar-refractivity contribution in [3.63, 3.8) is 0 Å². The van der Waals surface area contributed by atoms with Gasteiger partial charge in [0.1, 0.15) is 6.54 Å². The third-order valence-corrected chi connectivity index (χ3v) is 5.71. The maximum atomic E-state index is 12.7. The van der Waals surface area contributed by atoms with E-state index in [1.54, 1.807) is 0 Å². The predicted molar refractivity (Wildman–Crippen MR) is 116 cm³/mol. The first-order valence-corrected chi connectivity index (χ1v) is 10.3. The Bertz CT molecular complexity index is 1010. The zero-order valence-corrected chi connectivity index (χ0v) is 17.4. The third-order valence-electron chi connectivity index (χ3n) is 5.01. The maximum absolute atomic E-state index is 12.7. The largest absolute Gasteiger partial charge is 0.369 e. The summed E-state index contributed by atoms with van der Waals surface area (Å²) in [6.45, 7) is 2.14. The molecule has 5 nitrogen and oxygen atoms in total. The number of nitrogen functional groups attached to an aromatic ring is 1. The van der Waals surface area contributed by atoms with Gasteiger partial charge < -0.3 is 15.6 Å². The fourth-order valence-corrected chi connectivity index (χ4v) is 3.83. The molecule has 3 aromatic rings. The molecule has 0 saturated heterocycles. The number of nitrogens with two attached hydrogens (primary N) is 1. The Morgan fingerprint density at radius 3 is 2.61 bits per heavy atom. The summed E-state index contributed by atoms with van der Waals surface area (Å²) in [5.74, 6) is 0.921. The Balaban J connectivity index is 1.65. The second-order valence-electron chi connectivity index (χ2n) is 7.39. The van der Waals surface area contributed by atoms with Crippen LogP contribution in [0.15, 0.2) is 53.0 Å². The lowest BCUT2D eigenvalue weighted by molar-refractivity contribution is -0.116. The summed E-state index contributed by atoms with van der Waals surface area (Å²) in [5, 5.41) is 2.95. The topological polar surface area (TPSA) is 72.9 Å². The number of aromatic nitrogens is 2. The Morgan fingerprint density at radius 2 is 1.93 bits per heavy atom. The highest BCUT2D eigenvalue weighted by atomic mass is 79.9. The SMILES string of the molecule is Cc1ccc(NC(=O)Cn2c(N)nc(CC3CC3)c2-c2ccccc2Br)cc1. The Morgan fingerprint density at radius 1 is 1.21 bits per heavy atom. The number of nitrogens with one attached hydrogen (secondary N) is 1. The molecule has 3 N–H and O–H groups in total. The highest BCUT2D eigenvalue weighted by molar-refractivity contribution is 9.10. The van der Waals surface area contributed by atoms with E-state index in [-0.39, 0.29) is 12.5 Å². The fraction of sp³-hybridized carbons (Fsp3) is 0.273. The first-order chi connectivity index (χ1) is 13.5. The quantitative estimate of drug-likeness (QED) is 0.580. The van der Waals surface area contributed by atoms with Crippen LogP contribution in [0.3, 0.4) is 0 Å². The molecule has 1 aliphatic rings. The van der Waals surface area contributed by atoms with Crippen molar-refractivity contribution in [3.8, 4) is 11.3 Å². The standard InChI is InChI=1S/C22H23BrN4O/c1-14-6-10-16(11-7-14)25-20(28)13-27-21(17-4-2-3-5-18(17)23)19(26-22(27)24)12-15-8-9-15/h2-7,10-11,15H,8-9,12-13H2,1H3,(H2,24,26)(H,25,28). The number of benzene rings is 2. The summed E-state index contributed by atoms with van der Waals surface area (Å²) in [6.07, 6.45) is 3.36. The molecule has 1 saturated carbocycles. The number of rotatable bonds is 6. The number of halogens is 1. The van der Waals surface area contributed by atoms with Gasteiger partial charge in [-0.15, -0.1) is 0 Å². The first-order valence-electron chi connectivity index (χ1n) is 9.47. The van der Waals surface area contributed by atoms with Gasteiger partial charge >= 0.3 is 0 Å². The van der Waals surface area contributed by atoms with Gasteiger partial charge in [0.25, 0.3) is 0 Å². The Hall–Kier alpha value is -2.60. The molecule has 2 aromatic carbocycles.